The molecule has 0 spiro atoms. The number of ether oxygens (including phenoxy) is 2. The van der Waals surface area contributed by atoms with E-state index in [1.165, 1.54) is 0 Å². The van der Waals surface area contributed by atoms with Crippen LogP contribution in [-0.4, -0.2) is 19.2 Å². The van der Waals surface area contributed by atoms with Crippen LogP contribution in [0.5, 0.6) is 5.75 Å². The van der Waals surface area contributed by atoms with E-state index >= 15 is 0 Å². The van der Waals surface area contributed by atoms with Gasteiger partial charge < -0.3 is 9.47 Å². The number of hydrogen-bond acceptors (Lipinski definition) is 3. The van der Waals surface area contributed by atoms with E-state index in [9.17, 15) is 4.79 Å². The van der Waals surface area contributed by atoms with Crippen LogP contribution in [0.2, 0.25) is 0 Å². The summed E-state index contributed by atoms with van der Waals surface area (Å²) in [5, 5.41) is 0. The van der Waals surface area contributed by atoms with E-state index in [4.69, 9.17) is 9.47 Å². The summed E-state index contributed by atoms with van der Waals surface area (Å²) in [6.07, 6.45) is 0. The minimum atomic E-state index is -0.358. The van der Waals surface area contributed by atoms with Crippen molar-refractivity contribution < 1.29 is 14.3 Å². The summed E-state index contributed by atoms with van der Waals surface area (Å²) in [5.41, 5.74) is 1.96. The lowest BCUT2D eigenvalue weighted by Crippen LogP contribution is -2.14. The number of allylic oxidation sites excluding steroid dienone is 1. The summed E-state index contributed by atoms with van der Waals surface area (Å²) < 4.78 is 10.1. The second-order valence-corrected chi connectivity index (χ2v) is 3.40. The van der Waals surface area contributed by atoms with Crippen LogP contribution in [0.15, 0.2) is 30.8 Å². The van der Waals surface area contributed by atoms with Gasteiger partial charge in [0.05, 0.1) is 6.61 Å². The molecule has 1 rings (SSSR count). The molecule has 0 saturated heterocycles. The molecule has 0 fully saturated rings. The van der Waals surface area contributed by atoms with Crippen molar-refractivity contribution in [1.82, 2.24) is 0 Å². The molecule has 0 aliphatic carbocycles. The minimum Gasteiger partial charge on any atom is -0.482 e. The van der Waals surface area contributed by atoms with Crippen LogP contribution in [0.4, 0.5) is 0 Å². The molecule has 1 aromatic rings. The number of hydrogen-bond donors (Lipinski definition) is 0. The van der Waals surface area contributed by atoms with Crippen molar-refractivity contribution >= 4 is 11.5 Å². The molecule has 0 atom stereocenters. The van der Waals surface area contributed by atoms with Crippen LogP contribution in [-0.2, 0) is 9.53 Å². The number of carbonyl (C=O) groups excluding carboxylic acids is 1. The molecule has 1 aromatic carbocycles. The van der Waals surface area contributed by atoms with Gasteiger partial charge in [0.2, 0.25) is 0 Å². The molecular formula is C13H16O3. The van der Waals surface area contributed by atoms with E-state index in [-0.39, 0.29) is 12.6 Å². The highest BCUT2D eigenvalue weighted by molar-refractivity contribution is 5.71. The van der Waals surface area contributed by atoms with Gasteiger partial charge in [0.1, 0.15) is 5.75 Å². The molecule has 3 heteroatoms. The van der Waals surface area contributed by atoms with Gasteiger partial charge in [-0.3, -0.25) is 0 Å². The van der Waals surface area contributed by atoms with Crippen molar-refractivity contribution in [2.24, 2.45) is 0 Å². The molecular weight excluding hydrogens is 204 g/mol. The third kappa shape index (κ3) is 3.77. The lowest BCUT2D eigenvalue weighted by atomic mass is 10.1. The Morgan fingerprint density at radius 3 is 2.81 bits per heavy atom. The van der Waals surface area contributed by atoms with Crippen LogP contribution in [0, 0.1) is 0 Å². The fraction of sp³-hybridized carbons (Fsp3) is 0.308. The number of benzene rings is 1. The first-order chi connectivity index (χ1) is 7.63. The minimum absolute atomic E-state index is 0.0620. The van der Waals surface area contributed by atoms with E-state index in [0.717, 1.165) is 11.1 Å². The average Bonchev–Trinajstić information content (AvgIpc) is 2.27. The average molecular weight is 220 g/mol. The van der Waals surface area contributed by atoms with E-state index in [1.807, 2.05) is 25.1 Å². The highest BCUT2D eigenvalue weighted by Gasteiger charge is 2.03. The summed E-state index contributed by atoms with van der Waals surface area (Å²) >= 11 is 0. The summed E-state index contributed by atoms with van der Waals surface area (Å²) in [5.74, 6) is 0.289. The summed E-state index contributed by atoms with van der Waals surface area (Å²) in [7, 11) is 0. The van der Waals surface area contributed by atoms with Crippen molar-refractivity contribution in [2.75, 3.05) is 13.2 Å². The fourth-order valence-corrected chi connectivity index (χ4v) is 1.20. The van der Waals surface area contributed by atoms with Crippen molar-refractivity contribution in [2.45, 2.75) is 13.8 Å². The van der Waals surface area contributed by atoms with Gasteiger partial charge in [-0.15, -0.1) is 0 Å². The Morgan fingerprint density at radius 2 is 2.19 bits per heavy atom. The van der Waals surface area contributed by atoms with Gasteiger partial charge >= 0.3 is 5.97 Å². The highest BCUT2D eigenvalue weighted by atomic mass is 16.6. The topological polar surface area (TPSA) is 35.5 Å². The predicted molar refractivity (Wildman–Crippen MR) is 63.3 cm³/mol. The maximum Gasteiger partial charge on any atom is 0.344 e. The Balaban J connectivity index is 2.57. The third-order valence-electron chi connectivity index (χ3n) is 1.99. The van der Waals surface area contributed by atoms with Crippen molar-refractivity contribution in [3.8, 4) is 5.75 Å². The molecule has 0 heterocycles. The van der Waals surface area contributed by atoms with Gasteiger partial charge in [-0.1, -0.05) is 24.3 Å². The van der Waals surface area contributed by atoms with E-state index in [1.54, 1.807) is 13.0 Å². The lowest BCUT2D eigenvalue weighted by molar-refractivity contribution is -0.145. The SMILES string of the molecule is C=C(C)c1cccc(OCC(=O)OCC)c1. The number of carbonyl (C=O) groups is 1. The van der Waals surface area contributed by atoms with Crippen molar-refractivity contribution in [3.05, 3.63) is 36.4 Å². The standard InChI is InChI=1S/C13H16O3/c1-4-15-13(14)9-16-12-7-5-6-11(8-12)10(2)3/h5-8H,2,4,9H2,1,3H3. The number of rotatable bonds is 5. The van der Waals surface area contributed by atoms with Crippen LogP contribution >= 0.6 is 0 Å². The third-order valence-corrected chi connectivity index (χ3v) is 1.99. The van der Waals surface area contributed by atoms with E-state index < -0.39 is 0 Å². The molecule has 0 aromatic heterocycles. The molecule has 0 unspecified atom stereocenters. The Bertz CT molecular complexity index is 383. The first-order valence-corrected chi connectivity index (χ1v) is 5.18. The largest absolute Gasteiger partial charge is 0.482 e. The molecule has 0 aliphatic rings. The van der Waals surface area contributed by atoms with E-state index in [0.29, 0.717) is 12.4 Å². The molecule has 0 aliphatic heterocycles. The van der Waals surface area contributed by atoms with Crippen LogP contribution in [0.25, 0.3) is 5.57 Å². The molecule has 16 heavy (non-hydrogen) atoms. The molecule has 0 amide bonds. The van der Waals surface area contributed by atoms with Crippen LogP contribution in [0.3, 0.4) is 0 Å². The zero-order valence-electron chi connectivity index (χ0n) is 9.66. The normalized spacial score (nSPS) is 9.62. The Hall–Kier alpha value is -1.77. The second-order valence-electron chi connectivity index (χ2n) is 3.40. The van der Waals surface area contributed by atoms with Gasteiger partial charge in [0.25, 0.3) is 0 Å². The monoisotopic (exact) mass is 220 g/mol. The van der Waals surface area contributed by atoms with Crippen LogP contribution in [0.1, 0.15) is 19.4 Å². The molecule has 0 radical (unpaired) electrons. The van der Waals surface area contributed by atoms with Gasteiger partial charge in [0, 0.05) is 0 Å². The van der Waals surface area contributed by atoms with E-state index in [2.05, 4.69) is 6.58 Å². The van der Waals surface area contributed by atoms with Gasteiger partial charge in [0.15, 0.2) is 6.61 Å². The molecule has 86 valence electrons. The molecule has 3 nitrogen and oxygen atoms in total. The fourth-order valence-electron chi connectivity index (χ4n) is 1.20. The summed E-state index contributed by atoms with van der Waals surface area (Å²) in [6.45, 7) is 7.84. The highest BCUT2D eigenvalue weighted by Crippen LogP contribution is 2.18. The molecule has 0 bridgehead atoms. The zero-order chi connectivity index (χ0) is 12.0. The smallest absolute Gasteiger partial charge is 0.344 e. The second kappa shape index (κ2) is 5.95. The van der Waals surface area contributed by atoms with Gasteiger partial charge in [-0.05, 0) is 31.5 Å². The maximum absolute atomic E-state index is 11.1. The number of esters is 1. The van der Waals surface area contributed by atoms with Crippen LogP contribution < -0.4 is 4.74 Å². The predicted octanol–water partition coefficient (Wildman–Crippen LogP) is 2.66. The van der Waals surface area contributed by atoms with Gasteiger partial charge in [-0.25, -0.2) is 4.79 Å². The first-order valence-electron chi connectivity index (χ1n) is 5.18. The lowest BCUT2D eigenvalue weighted by Gasteiger charge is -2.07. The quantitative estimate of drug-likeness (QED) is 0.716. The molecule has 0 saturated carbocycles. The van der Waals surface area contributed by atoms with Crippen molar-refractivity contribution in [1.29, 1.82) is 0 Å². The Kier molecular flexibility index (Phi) is 4.58. The summed E-state index contributed by atoms with van der Waals surface area (Å²) in [4.78, 5) is 11.1. The maximum atomic E-state index is 11.1. The summed E-state index contributed by atoms with van der Waals surface area (Å²) in [6, 6.07) is 7.46. The van der Waals surface area contributed by atoms with Crippen molar-refractivity contribution in [3.63, 3.8) is 0 Å². The zero-order valence-corrected chi connectivity index (χ0v) is 9.66. The molecule has 0 N–H and O–H groups in total. The Labute approximate surface area is 95.7 Å². The first kappa shape index (κ1) is 12.3. The van der Waals surface area contributed by atoms with Gasteiger partial charge in [-0.2, -0.15) is 0 Å². The Morgan fingerprint density at radius 1 is 1.44 bits per heavy atom.